The van der Waals surface area contributed by atoms with Crippen molar-refractivity contribution in [3.05, 3.63) is 34.4 Å². The molecule has 1 aromatic carbocycles. The Kier molecular flexibility index (Phi) is 4.19. The van der Waals surface area contributed by atoms with Gasteiger partial charge in [-0.15, -0.1) is 0 Å². The zero-order valence-corrected chi connectivity index (χ0v) is 13.0. The quantitative estimate of drug-likeness (QED) is 0.918. The lowest BCUT2D eigenvalue weighted by Gasteiger charge is -2.42. The molecule has 20 heavy (non-hydrogen) atoms. The van der Waals surface area contributed by atoms with Gasteiger partial charge < -0.3 is 5.11 Å². The lowest BCUT2D eigenvalue weighted by molar-refractivity contribution is -0.153. The van der Waals surface area contributed by atoms with E-state index in [9.17, 15) is 9.90 Å². The van der Waals surface area contributed by atoms with Crippen LogP contribution in [0.25, 0.3) is 0 Å². The normalized spacial score (nSPS) is 23.8. The van der Waals surface area contributed by atoms with Gasteiger partial charge in [0.2, 0.25) is 0 Å². The first kappa shape index (κ1) is 15.0. The maximum absolute atomic E-state index is 11.6. The molecule has 3 nitrogen and oxygen atoms in total. The van der Waals surface area contributed by atoms with E-state index in [2.05, 4.69) is 37.8 Å². The van der Waals surface area contributed by atoms with Gasteiger partial charge in [0.25, 0.3) is 0 Å². The van der Waals surface area contributed by atoms with Gasteiger partial charge in [-0.3, -0.25) is 9.69 Å². The summed E-state index contributed by atoms with van der Waals surface area (Å²) in [4.78, 5) is 13.8. The number of carbonyl (C=O) groups is 1. The summed E-state index contributed by atoms with van der Waals surface area (Å²) in [5.74, 6) is -0.696. The summed E-state index contributed by atoms with van der Waals surface area (Å²) in [6.45, 7) is 9.82. The van der Waals surface area contributed by atoms with Gasteiger partial charge in [-0.1, -0.05) is 12.1 Å². The molecule has 0 amide bonds. The van der Waals surface area contributed by atoms with Crippen molar-refractivity contribution in [2.24, 2.45) is 0 Å². The first-order chi connectivity index (χ1) is 9.34. The van der Waals surface area contributed by atoms with E-state index in [1.54, 1.807) is 0 Å². The molecule has 1 saturated heterocycles. The Bertz CT molecular complexity index is 524. The second kappa shape index (κ2) is 5.57. The number of rotatable bonds is 3. The number of aryl methyl sites for hydroxylation is 3. The van der Waals surface area contributed by atoms with Gasteiger partial charge in [-0.2, -0.15) is 0 Å². The maximum atomic E-state index is 11.6. The highest BCUT2D eigenvalue weighted by Crippen LogP contribution is 2.30. The van der Waals surface area contributed by atoms with E-state index in [1.165, 1.54) is 22.3 Å². The zero-order valence-electron chi connectivity index (χ0n) is 13.0. The molecule has 2 rings (SSSR count). The Hall–Kier alpha value is -1.35. The number of benzene rings is 1. The van der Waals surface area contributed by atoms with Crippen LogP contribution in [0.4, 0.5) is 0 Å². The van der Waals surface area contributed by atoms with Gasteiger partial charge in [0.1, 0.15) is 5.54 Å². The van der Waals surface area contributed by atoms with Crippen LogP contribution in [0.1, 0.15) is 48.4 Å². The highest BCUT2D eigenvalue weighted by Gasteiger charge is 2.41. The highest BCUT2D eigenvalue weighted by atomic mass is 16.4. The molecule has 1 atom stereocenters. The third-order valence-corrected chi connectivity index (χ3v) is 4.81. The van der Waals surface area contributed by atoms with Crippen LogP contribution < -0.4 is 0 Å². The SMILES string of the molecule is Cc1cc(C)c(CN2CCCCC2(C)C(=O)O)cc1C. The van der Waals surface area contributed by atoms with Crippen LogP contribution in [0.3, 0.4) is 0 Å². The highest BCUT2D eigenvalue weighted by molar-refractivity contribution is 5.78. The van der Waals surface area contributed by atoms with Crippen molar-refractivity contribution in [1.82, 2.24) is 4.90 Å². The van der Waals surface area contributed by atoms with Gasteiger partial charge in [-0.25, -0.2) is 0 Å². The number of hydrogen-bond acceptors (Lipinski definition) is 2. The molecular weight excluding hydrogens is 250 g/mol. The van der Waals surface area contributed by atoms with E-state index in [0.29, 0.717) is 0 Å². The monoisotopic (exact) mass is 275 g/mol. The molecule has 0 aliphatic carbocycles. The molecule has 3 heteroatoms. The van der Waals surface area contributed by atoms with Crippen molar-refractivity contribution in [2.75, 3.05) is 6.54 Å². The predicted molar refractivity (Wildman–Crippen MR) is 81.0 cm³/mol. The van der Waals surface area contributed by atoms with E-state index >= 15 is 0 Å². The summed E-state index contributed by atoms with van der Waals surface area (Å²) >= 11 is 0. The molecule has 1 fully saturated rings. The Balaban J connectivity index is 2.28. The molecule has 0 spiro atoms. The van der Waals surface area contributed by atoms with Crippen LogP contribution in [-0.4, -0.2) is 28.1 Å². The minimum Gasteiger partial charge on any atom is -0.480 e. The average Bonchev–Trinajstić information content (AvgIpc) is 2.38. The summed E-state index contributed by atoms with van der Waals surface area (Å²) in [6, 6.07) is 4.41. The van der Waals surface area contributed by atoms with Crippen LogP contribution in [0.5, 0.6) is 0 Å². The molecule has 0 saturated carbocycles. The van der Waals surface area contributed by atoms with Crippen molar-refractivity contribution in [2.45, 2.75) is 59.0 Å². The number of aliphatic carboxylic acids is 1. The topological polar surface area (TPSA) is 40.5 Å². The minimum absolute atomic E-state index is 0.696. The molecule has 110 valence electrons. The largest absolute Gasteiger partial charge is 0.480 e. The lowest BCUT2D eigenvalue weighted by atomic mass is 9.87. The summed E-state index contributed by atoms with van der Waals surface area (Å²) in [5.41, 5.74) is 4.36. The number of nitrogens with zero attached hydrogens (tertiary/aromatic N) is 1. The Morgan fingerprint density at radius 3 is 2.50 bits per heavy atom. The first-order valence-electron chi connectivity index (χ1n) is 7.40. The third kappa shape index (κ3) is 2.73. The number of carboxylic acid groups (broad SMARTS) is 1. The molecule has 0 aromatic heterocycles. The number of hydrogen-bond donors (Lipinski definition) is 1. The minimum atomic E-state index is -0.719. The molecule has 1 heterocycles. The van der Waals surface area contributed by atoms with Crippen LogP contribution in [-0.2, 0) is 11.3 Å². The van der Waals surface area contributed by atoms with E-state index in [0.717, 1.165) is 32.4 Å². The van der Waals surface area contributed by atoms with Crippen molar-refractivity contribution < 1.29 is 9.90 Å². The third-order valence-electron chi connectivity index (χ3n) is 4.81. The second-order valence-electron chi connectivity index (χ2n) is 6.32. The van der Waals surface area contributed by atoms with Crippen molar-refractivity contribution in [3.63, 3.8) is 0 Å². The fourth-order valence-corrected chi connectivity index (χ4v) is 3.07. The molecular formula is C17H25NO2. The van der Waals surface area contributed by atoms with Crippen molar-refractivity contribution in [1.29, 1.82) is 0 Å². The van der Waals surface area contributed by atoms with E-state index in [-0.39, 0.29) is 0 Å². The summed E-state index contributed by atoms with van der Waals surface area (Å²) in [7, 11) is 0. The number of carboxylic acids is 1. The standard InChI is InChI=1S/C17H25NO2/c1-12-9-14(3)15(10-13(12)2)11-18-8-6-5-7-17(18,4)16(19)20/h9-10H,5-8,11H2,1-4H3,(H,19,20). The lowest BCUT2D eigenvalue weighted by Crippen LogP contribution is -2.54. The van der Waals surface area contributed by atoms with Gasteiger partial charge in [0.05, 0.1) is 0 Å². The van der Waals surface area contributed by atoms with Crippen LogP contribution >= 0.6 is 0 Å². The van der Waals surface area contributed by atoms with Gasteiger partial charge in [0.15, 0.2) is 0 Å². The van der Waals surface area contributed by atoms with Gasteiger partial charge in [0, 0.05) is 6.54 Å². The summed E-state index contributed by atoms with van der Waals surface area (Å²) in [5, 5.41) is 9.57. The number of likely N-dealkylation sites (tertiary alicyclic amines) is 1. The van der Waals surface area contributed by atoms with Gasteiger partial charge >= 0.3 is 5.97 Å². The fourth-order valence-electron chi connectivity index (χ4n) is 3.07. The molecule has 1 aliphatic heterocycles. The number of piperidine rings is 1. The second-order valence-corrected chi connectivity index (χ2v) is 6.32. The fraction of sp³-hybridized carbons (Fsp3) is 0.588. The van der Waals surface area contributed by atoms with E-state index < -0.39 is 11.5 Å². The Morgan fingerprint density at radius 2 is 1.85 bits per heavy atom. The van der Waals surface area contributed by atoms with Gasteiger partial charge in [-0.05, 0) is 75.8 Å². The smallest absolute Gasteiger partial charge is 0.323 e. The predicted octanol–water partition coefficient (Wildman–Crippen LogP) is 3.44. The van der Waals surface area contributed by atoms with E-state index in [4.69, 9.17) is 0 Å². The molecule has 1 aromatic rings. The van der Waals surface area contributed by atoms with Crippen LogP contribution in [0, 0.1) is 20.8 Å². The van der Waals surface area contributed by atoms with Crippen LogP contribution in [0.15, 0.2) is 12.1 Å². The Morgan fingerprint density at radius 1 is 1.20 bits per heavy atom. The average molecular weight is 275 g/mol. The molecule has 1 N–H and O–H groups in total. The van der Waals surface area contributed by atoms with Crippen molar-refractivity contribution >= 4 is 5.97 Å². The first-order valence-corrected chi connectivity index (χ1v) is 7.40. The van der Waals surface area contributed by atoms with E-state index in [1.807, 2.05) is 6.92 Å². The summed E-state index contributed by atoms with van der Waals surface area (Å²) < 4.78 is 0. The van der Waals surface area contributed by atoms with Crippen molar-refractivity contribution in [3.8, 4) is 0 Å². The zero-order chi connectivity index (χ0) is 14.9. The van der Waals surface area contributed by atoms with Crippen LogP contribution in [0.2, 0.25) is 0 Å². The summed E-state index contributed by atoms with van der Waals surface area (Å²) in [6.07, 6.45) is 2.84. The molecule has 1 unspecified atom stereocenters. The molecule has 1 aliphatic rings. The Labute approximate surface area is 121 Å². The molecule has 0 radical (unpaired) electrons. The maximum Gasteiger partial charge on any atom is 0.323 e. The molecule has 0 bridgehead atoms.